The Labute approximate surface area is 82.2 Å². The molecule has 70 valence electrons. The number of hydrogen-bond acceptors (Lipinski definition) is 3. The Morgan fingerprint density at radius 3 is 2.86 bits per heavy atom. The van der Waals surface area contributed by atoms with Gasteiger partial charge < -0.3 is 4.74 Å². The second-order valence-electron chi connectivity index (χ2n) is 2.58. The highest BCUT2D eigenvalue weighted by Crippen LogP contribution is 2.18. The van der Waals surface area contributed by atoms with Gasteiger partial charge in [-0.3, -0.25) is 4.79 Å². The second kappa shape index (κ2) is 4.83. The van der Waals surface area contributed by atoms with Gasteiger partial charge in [0.2, 0.25) is 0 Å². The standard InChI is InChI=1S/C11H9NO2/c1-14-11-5-4-9(3-2-6-12)7-10(11)8-13/h2-5,7-8H,1H3. The number of benzene rings is 1. The van der Waals surface area contributed by atoms with E-state index in [2.05, 4.69) is 0 Å². The number of rotatable bonds is 3. The molecule has 0 unspecified atom stereocenters. The molecule has 1 aromatic rings. The van der Waals surface area contributed by atoms with Crippen molar-refractivity contribution < 1.29 is 9.53 Å². The number of allylic oxidation sites excluding steroid dienone is 1. The monoisotopic (exact) mass is 187 g/mol. The van der Waals surface area contributed by atoms with Crippen LogP contribution in [0.25, 0.3) is 6.08 Å². The van der Waals surface area contributed by atoms with Crippen molar-refractivity contribution in [3.8, 4) is 11.8 Å². The fraction of sp³-hybridized carbons (Fsp3) is 0.0909. The van der Waals surface area contributed by atoms with Gasteiger partial charge in [-0.15, -0.1) is 0 Å². The number of ether oxygens (including phenoxy) is 1. The van der Waals surface area contributed by atoms with E-state index in [1.807, 2.05) is 6.07 Å². The van der Waals surface area contributed by atoms with Crippen LogP contribution in [0.4, 0.5) is 0 Å². The van der Waals surface area contributed by atoms with Gasteiger partial charge in [0.25, 0.3) is 0 Å². The molecule has 1 rings (SSSR count). The summed E-state index contributed by atoms with van der Waals surface area (Å²) in [6, 6.07) is 7.02. The fourth-order valence-electron chi connectivity index (χ4n) is 1.08. The maximum absolute atomic E-state index is 10.6. The number of aldehydes is 1. The van der Waals surface area contributed by atoms with E-state index in [4.69, 9.17) is 10.00 Å². The lowest BCUT2D eigenvalue weighted by atomic mass is 10.1. The second-order valence-corrected chi connectivity index (χ2v) is 2.58. The van der Waals surface area contributed by atoms with Crippen molar-refractivity contribution in [1.29, 1.82) is 5.26 Å². The van der Waals surface area contributed by atoms with Crippen molar-refractivity contribution in [1.82, 2.24) is 0 Å². The van der Waals surface area contributed by atoms with Crippen molar-refractivity contribution >= 4 is 12.4 Å². The average molecular weight is 187 g/mol. The van der Waals surface area contributed by atoms with Crippen LogP contribution in [0.3, 0.4) is 0 Å². The summed E-state index contributed by atoms with van der Waals surface area (Å²) in [6.45, 7) is 0. The van der Waals surface area contributed by atoms with Gasteiger partial charge in [0.1, 0.15) is 5.75 Å². The minimum absolute atomic E-state index is 0.479. The predicted octanol–water partition coefficient (Wildman–Crippen LogP) is 2.04. The molecule has 1 aromatic carbocycles. The predicted molar refractivity (Wildman–Crippen MR) is 53.0 cm³/mol. The van der Waals surface area contributed by atoms with E-state index in [0.29, 0.717) is 11.3 Å². The molecule has 14 heavy (non-hydrogen) atoms. The Kier molecular flexibility index (Phi) is 3.45. The fourth-order valence-corrected chi connectivity index (χ4v) is 1.08. The topological polar surface area (TPSA) is 50.1 Å². The van der Waals surface area contributed by atoms with Crippen LogP contribution >= 0.6 is 0 Å². The molecule has 0 bridgehead atoms. The van der Waals surface area contributed by atoms with E-state index in [9.17, 15) is 4.79 Å². The van der Waals surface area contributed by atoms with Crippen molar-refractivity contribution in [2.24, 2.45) is 0 Å². The smallest absolute Gasteiger partial charge is 0.153 e. The lowest BCUT2D eigenvalue weighted by Crippen LogP contribution is -1.90. The molecule has 0 aliphatic heterocycles. The van der Waals surface area contributed by atoms with Crippen LogP contribution in [0, 0.1) is 11.3 Å². The zero-order valence-corrected chi connectivity index (χ0v) is 7.73. The Hall–Kier alpha value is -2.08. The van der Waals surface area contributed by atoms with E-state index >= 15 is 0 Å². The number of carbonyl (C=O) groups excluding carboxylic acids is 1. The summed E-state index contributed by atoms with van der Waals surface area (Å²) in [7, 11) is 1.51. The van der Waals surface area contributed by atoms with E-state index in [1.54, 1.807) is 24.3 Å². The first-order chi connectivity index (χ1) is 6.81. The number of carbonyl (C=O) groups is 1. The van der Waals surface area contributed by atoms with Crippen LogP contribution in [0.5, 0.6) is 5.75 Å². The molecule has 0 saturated carbocycles. The van der Waals surface area contributed by atoms with Gasteiger partial charge in [-0.2, -0.15) is 5.26 Å². The Balaban J connectivity index is 3.08. The summed E-state index contributed by atoms with van der Waals surface area (Å²) >= 11 is 0. The van der Waals surface area contributed by atoms with Gasteiger partial charge >= 0.3 is 0 Å². The van der Waals surface area contributed by atoms with Crippen LogP contribution in [-0.4, -0.2) is 13.4 Å². The summed E-state index contributed by atoms with van der Waals surface area (Å²) < 4.78 is 4.98. The van der Waals surface area contributed by atoms with Gasteiger partial charge in [0, 0.05) is 6.08 Å². The number of methoxy groups -OCH3 is 1. The molecule has 0 radical (unpaired) electrons. The zero-order chi connectivity index (χ0) is 10.4. The third kappa shape index (κ3) is 2.20. The maximum atomic E-state index is 10.6. The van der Waals surface area contributed by atoms with E-state index in [1.165, 1.54) is 13.2 Å². The molecule has 0 spiro atoms. The number of hydrogen-bond donors (Lipinski definition) is 0. The van der Waals surface area contributed by atoms with E-state index in [-0.39, 0.29) is 0 Å². The molecule has 0 aromatic heterocycles. The minimum Gasteiger partial charge on any atom is -0.496 e. The highest BCUT2D eigenvalue weighted by Gasteiger charge is 2.00. The van der Waals surface area contributed by atoms with Gasteiger partial charge in [-0.25, -0.2) is 0 Å². The highest BCUT2D eigenvalue weighted by atomic mass is 16.5. The molecule has 0 amide bonds. The van der Waals surface area contributed by atoms with E-state index in [0.717, 1.165) is 11.8 Å². The molecular formula is C11H9NO2. The Morgan fingerprint density at radius 1 is 1.50 bits per heavy atom. The van der Waals surface area contributed by atoms with Crippen molar-refractivity contribution in [3.63, 3.8) is 0 Å². The first kappa shape index (κ1) is 10.0. The largest absolute Gasteiger partial charge is 0.496 e. The lowest BCUT2D eigenvalue weighted by Gasteiger charge is -2.03. The van der Waals surface area contributed by atoms with Gasteiger partial charge in [0.15, 0.2) is 6.29 Å². The molecule has 3 heteroatoms. The third-order valence-corrected chi connectivity index (χ3v) is 1.73. The van der Waals surface area contributed by atoms with Crippen molar-refractivity contribution in [3.05, 3.63) is 35.4 Å². The Morgan fingerprint density at radius 2 is 2.29 bits per heavy atom. The van der Waals surface area contributed by atoms with Crippen LogP contribution in [-0.2, 0) is 0 Å². The van der Waals surface area contributed by atoms with E-state index < -0.39 is 0 Å². The van der Waals surface area contributed by atoms with Gasteiger partial charge in [-0.05, 0) is 23.8 Å². The van der Waals surface area contributed by atoms with Crippen LogP contribution in [0.1, 0.15) is 15.9 Å². The summed E-state index contributed by atoms with van der Waals surface area (Å²) in [5, 5.41) is 8.32. The summed E-state index contributed by atoms with van der Waals surface area (Å²) in [5.74, 6) is 0.536. The molecule has 0 fully saturated rings. The molecule has 0 aliphatic carbocycles. The van der Waals surface area contributed by atoms with Crippen molar-refractivity contribution in [2.45, 2.75) is 0 Å². The zero-order valence-electron chi connectivity index (χ0n) is 7.73. The quantitative estimate of drug-likeness (QED) is 0.537. The maximum Gasteiger partial charge on any atom is 0.153 e. The summed E-state index contributed by atoms with van der Waals surface area (Å²) in [4.78, 5) is 10.6. The van der Waals surface area contributed by atoms with Crippen molar-refractivity contribution in [2.75, 3.05) is 7.11 Å². The molecule has 0 saturated heterocycles. The number of nitrogens with zero attached hydrogens (tertiary/aromatic N) is 1. The van der Waals surface area contributed by atoms with Crippen LogP contribution < -0.4 is 4.74 Å². The highest BCUT2D eigenvalue weighted by molar-refractivity contribution is 5.80. The third-order valence-electron chi connectivity index (χ3n) is 1.73. The molecule has 0 N–H and O–H groups in total. The van der Waals surface area contributed by atoms with Crippen LogP contribution in [0.15, 0.2) is 24.3 Å². The van der Waals surface area contributed by atoms with Gasteiger partial charge in [-0.1, -0.05) is 6.07 Å². The normalized spacial score (nSPS) is 9.71. The first-order valence-corrected chi connectivity index (χ1v) is 4.01. The Bertz CT molecular complexity index is 402. The molecule has 3 nitrogen and oxygen atoms in total. The average Bonchev–Trinajstić information content (AvgIpc) is 2.25. The summed E-state index contributed by atoms with van der Waals surface area (Å²) in [6.07, 6.45) is 3.71. The minimum atomic E-state index is 0.479. The molecule has 0 aliphatic rings. The molecule has 0 atom stereocenters. The number of nitriles is 1. The SMILES string of the molecule is COc1ccc(C=CC#N)cc1C=O. The summed E-state index contributed by atoms with van der Waals surface area (Å²) in [5.41, 5.74) is 1.28. The van der Waals surface area contributed by atoms with Crippen LogP contribution in [0.2, 0.25) is 0 Å². The molecular weight excluding hydrogens is 178 g/mol. The first-order valence-electron chi connectivity index (χ1n) is 4.01. The van der Waals surface area contributed by atoms with Gasteiger partial charge in [0.05, 0.1) is 18.7 Å². The lowest BCUT2D eigenvalue weighted by molar-refractivity contribution is 0.112. The molecule has 0 heterocycles.